The van der Waals surface area contributed by atoms with Crippen LogP contribution >= 0.6 is 15.9 Å². The second kappa shape index (κ2) is 3.66. The molecule has 0 saturated heterocycles. The van der Waals surface area contributed by atoms with Crippen molar-refractivity contribution in [3.05, 3.63) is 22.3 Å². The van der Waals surface area contributed by atoms with Crippen molar-refractivity contribution in [3.63, 3.8) is 0 Å². The second-order valence-electron chi connectivity index (χ2n) is 3.70. The number of anilines is 1. The smallest absolute Gasteiger partial charge is 0.231 e. The quantitative estimate of drug-likeness (QED) is 0.876. The Bertz CT molecular complexity index is 595. The number of nitrogens with zero attached hydrogens (tertiary/aromatic N) is 1. The molecule has 3 rings (SSSR count). The number of nitrogens with two attached hydrogens (primary N) is 1. The first-order chi connectivity index (χ1) is 8.18. The van der Waals surface area contributed by atoms with Crippen LogP contribution in [0.25, 0.3) is 11.1 Å². The van der Waals surface area contributed by atoms with Crippen LogP contribution in [0.4, 0.5) is 5.88 Å². The lowest BCUT2D eigenvalue weighted by molar-refractivity contribution is 0.173. The summed E-state index contributed by atoms with van der Waals surface area (Å²) in [4.78, 5) is 0. The number of hydrogen-bond acceptors (Lipinski definition) is 5. The van der Waals surface area contributed by atoms with Crippen molar-refractivity contribution in [1.29, 1.82) is 0 Å². The normalized spacial score (nSPS) is 13.1. The summed E-state index contributed by atoms with van der Waals surface area (Å²) in [6.45, 7) is 2.18. The Balaban J connectivity index is 2.26. The molecule has 1 aliphatic heterocycles. The van der Waals surface area contributed by atoms with Gasteiger partial charge in [0.1, 0.15) is 0 Å². The first-order valence-corrected chi connectivity index (χ1v) is 5.77. The average Bonchev–Trinajstić information content (AvgIpc) is 2.92. The topological polar surface area (TPSA) is 70.5 Å². The Labute approximate surface area is 106 Å². The summed E-state index contributed by atoms with van der Waals surface area (Å²) in [5.41, 5.74) is 8.34. The van der Waals surface area contributed by atoms with E-state index in [-0.39, 0.29) is 6.79 Å². The zero-order chi connectivity index (χ0) is 12.0. The highest BCUT2D eigenvalue weighted by atomic mass is 79.9. The molecule has 0 atom stereocenters. The third-order valence-electron chi connectivity index (χ3n) is 2.73. The minimum Gasteiger partial charge on any atom is -0.453 e. The Morgan fingerprint density at radius 3 is 2.76 bits per heavy atom. The Morgan fingerprint density at radius 2 is 2.06 bits per heavy atom. The molecule has 0 bridgehead atoms. The van der Waals surface area contributed by atoms with E-state index >= 15 is 0 Å². The monoisotopic (exact) mass is 296 g/mol. The predicted octanol–water partition coefficient (Wildman–Crippen LogP) is 2.72. The van der Waals surface area contributed by atoms with Gasteiger partial charge >= 0.3 is 0 Å². The molecule has 0 spiro atoms. The van der Waals surface area contributed by atoms with Crippen molar-refractivity contribution in [3.8, 4) is 22.6 Å². The van der Waals surface area contributed by atoms with Crippen LogP contribution in [0.5, 0.6) is 11.5 Å². The molecule has 0 saturated carbocycles. The minimum absolute atomic E-state index is 0.233. The molecule has 17 heavy (non-hydrogen) atoms. The maximum atomic E-state index is 5.72. The third kappa shape index (κ3) is 1.48. The molecule has 0 radical (unpaired) electrons. The number of fused-ring (bicyclic) bond motifs is 1. The van der Waals surface area contributed by atoms with Crippen molar-refractivity contribution < 1.29 is 14.0 Å². The molecule has 1 aromatic heterocycles. The number of halogens is 1. The highest BCUT2D eigenvalue weighted by Crippen LogP contribution is 2.46. The Kier molecular flexibility index (Phi) is 2.25. The molecule has 2 heterocycles. The van der Waals surface area contributed by atoms with Gasteiger partial charge in [-0.1, -0.05) is 5.16 Å². The van der Waals surface area contributed by atoms with E-state index in [9.17, 15) is 0 Å². The number of aromatic nitrogens is 1. The van der Waals surface area contributed by atoms with Gasteiger partial charge in [0, 0.05) is 5.56 Å². The van der Waals surface area contributed by atoms with Crippen LogP contribution in [0.2, 0.25) is 0 Å². The number of benzene rings is 1. The molecule has 0 aliphatic carbocycles. The van der Waals surface area contributed by atoms with Crippen molar-refractivity contribution in [2.75, 3.05) is 12.5 Å². The van der Waals surface area contributed by atoms with Gasteiger partial charge in [-0.2, -0.15) is 0 Å². The lowest BCUT2D eigenvalue weighted by atomic mass is 10.0. The van der Waals surface area contributed by atoms with E-state index in [4.69, 9.17) is 19.7 Å². The summed E-state index contributed by atoms with van der Waals surface area (Å²) in [6.07, 6.45) is 1.59. The third-order valence-corrected chi connectivity index (χ3v) is 3.32. The highest BCUT2D eigenvalue weighted by Gasteiger charge is 2.24. The number of hydrogen-bond donors (Lipinski definition) is 1. The fraction of sp³-hybridized carbons (Fsp3) is 0.182. The van der Waals surface area contributed by atoms with E-state index in [0.29, 0.717) is 5.88 Å². The van der Waals surface area contributed by atoms with Gasteiger partial charge in [0.25, 0.3) is 0 Å². The lowest BCUT2D eigenvalue weighted by Gasteiger charge is -2.08. The molecule has 2 aromatic rings. The maximum absolute atomic E-state index is 5.72. The van der Waals surface area contributed by atoms with Gasteiger partial charge < -0.3 is 19.7 Å². The van der Waals surface area contributed by atoms with Gasteiger partial charge in [-0.05, 0) is 34.5 Å². The van der Waals surface area contributed by atoms with Gasteiger partial charge in [-0.25, -0.2) is 0 Å². The number of rotatable bonds is 1. The molecule has 0 amide bonds. The highest BCUT2D eigenvalue weighted by molar-refractivity contribution is 9.10. The largest absolute Gasteiger partial charge is 0.453 e. The lowest BCUT2D eigenvalue weighted by Crippen LogP contribution is -1.94. The standard InChI is InChI=1S/C11H9BrN2O3/c1-5-6(7-3-14-17-11(7)13)2-8(12)10-9(5)15-4-16-10/h2-3H,4,13H2,1H3. The van der Waals surface area contributed by atoms with Gasteiger partial charge in [0.15, 0.2) is 11.5 Å². The van der Waals surface area contributed by atoms with Gasteiger partial charge in [0.05, 0.1) is 16.2 Å². The van der Waals surface area contributed by atoms with E-state index in [1.807, 2.05) is 13.0 Å². The molecule has 5 nitrogen and oxygen atoms in total. The first kappa shape index (κ1) is 10.5. The van der Waals surface area contributed by atoms with Crippen LogP contribution in [0, 0.1) is 6.92 Å². The molecule has 0 fully saturated rings. The average molecular weight is 297 g/mol. The van der Waals surface area contributed by atoms with Crippen molar-refractivity contribution in [2.24, 2.45) is 0 Å². The van der Waals surface area contributed by atoms with Crippen LogP contribution in [0.3, 0.4) is 0 Å². The van der Waals surface area contributed by atoms with Gasteiger partial charge in [-0.15, -0.1) is 0 Å². The SMILES string of the molecule is Cc1c(-c2cnoc2N)cc(Br)c2c1OCO2. The fourth-order valence-electron chi connectivity index (χ4n) is 1.89. The molecular weight excluding hydrogens is 288 g/mol. The molecule has 2 N–H and O–H groups in total. The second-order valence-corrected chi connectivity index (χ2v) is 4.55. The predicted molar refractivity (Wildman–Crippen MR) is 64.9 cm³/mol. The maximum Gasteiger partial charge on any atom is 0.231 e. The number of nitrogen functional groups attached to an aromatic ring is 1. The number of ether oxygens (including phenoxy) is 2. The molecule has 1 aliphatic rings. The van der Waals surface area contributed by atoms with E-state index in [0.717, 1.165) is 32.7 Å². The summed E-state index contributed by atoms with van der Waals surface area (Å²) in [7, 11) is 0. The fourth-order valence-corrected chi connectivity index (χ4v) is 2.41. The summed E-state index contributed by atoms with van der Waals surface area (Å²) >= 11 is 3.45. The molecule has 6 heteroatoms. The summed E-state index contributed by atoms with van der Waals surface area (Å²) in [5, 5.41) is 3.68. The van der Waals surface area contributed by atoms with E-state index < -0.39 is 0 Å². The van der Waals surface area contributed by atoms with Gasteiger partial charge in [0.2, 0.25) is 12.7 Å². The van der Waals surface area contributed by atoms with Crippen molar-refractivity contribution in [1.82, 2.24) is 5.16 Å². The zero-order valence-corrected chi connectivity index (χ0v) is 10.6. The van der Waals surface area contributed by atoms with Crippen LogP contribution < -0.4 is 15.2 Å². The van der Waals surface area contributed by atoms with Crippen LogP contribution in [-0.4, -0.2) is 11.9 Å². The van der Waals surface area contributed by atoms with E-state index in [2.05, 4.69) is 21.1 Å². The van der Waals surface area contributed by atoms with Crippen molar-refractivity contribution in [2.45, 2.75) is 6.92 Å². The summed E-state index contributed by atoms with van der Waals surface area (Å²) in [5.74, 6) is 1.75. The summed E-state index contributed by atoms with van der Waals surface area (Å²) in [6, 6.07) is 1.92. The molecule has 88 valence electrons. The van der Waals surface area contributed by atoms with Crippen LogP contribution in [-0.2, 0) is 0 Å². The molecule has 1 aromatic carbocycles. The molecular formula is C11H9BrN2O3. The van der Waals surface area contributed by atoms with Gasteiger partial charge in [-0.3, -0.25) is 0 Å². The Morgan fingerprint density at radius 1 is 1.29 bits per heavy atom. The van der Waals surface area contributed by atoms with Crippen LogP contribution in [0.15, 0.2) is 21.3 Å². The van der Waals surface area contributed by atoms with E-state index in [1.54, 1.807) is 6.20 Å². The molecule has 0 unspecified atom stereocenters. The minimum atomic E-state index is 0.233. The van der Waals surface area contributed by atoms with E-state index in [1.165, 1.54) is 0 Å². The summed E-state index contributed by atoms with van der Waals surface area (Å²) < 4.78 is 16.5. The Hall–Kier alpha value is -1.69. The zero-order valence-electron chi connectivity index (χ0n) is 8.99. The first-order valence-electron chi connectivity index (χ1n) is 4.97. The van der Waals surface area contributed by atoms with Crippen LogP contribution in [0.1, 0.15) is 5.56 Å². The van der Waals surface area contributed by atoms with Crippen molar-refractivity contribution >= 4 is 21.8 Å².